The molecule has 3 nitrogen and oxygen atoms in total. The first-order chi connectivity index (χ1) is 8.56. The van der Waals surface area contributed by atoms with E-state index in [4.69, 9.17) is 0 Å². The van der Waals surface area contributed by atoms with E-state index in [-0.39, 0.29) is 5.54 Å². The topological polar surface area (TPSA) is 39.1 Å². The highest BCUT2D eigenvalue weighted by atomic mass is 15.1. The molecule has 0 saturated heterocycles. The van der Waals surface area contributed by atoms with Gasteiger partial charge in [-0.3, -0.25) is 5.32 Å². The third-order valence-electron chi connectivity index (χ3n) is 4.37. The number of nitriles is 1. The fraction of sp³-hybridized carbons (Fsp3) is 0.933. The van der Waals surface area contributed by atoms with Crippen LogP contribution in [0.3, 0.4) is 0 Å². The molecule has 18 heavy (non-hydrogen) atoms. The van der Waals surface area contributed by atoms with Gasteiger partial charge in [-0.1, -0.05) is 27.2 Å². The Balaban J connectivity index is 2.60. The Morgan fingerprint density at radius 2 is 2.22 bits per heavy atom. The predicted octanol–water partition coefficient (Wildman–Crippen LogP) is 2.78. The lowest BCUT2D eigenvalue weighted by molar-refractivity contribution is 0.131. The molecule has 0 aliphatic heterocycles. The van der Waals surface area contributed by atoms with Crippen molar-refractivity contribution in [3.8, 4) is 6.07 Å². The van der Waals surface area contributed by atoms with E-state index in [0.29, 0.717) is 6.04 Å². The summed E-state index contributed by atoms with van der Waals surface area (Å²) < 4.78 is 0. The first kappa shape index (κ1) is 15.5. The highest BCUT2D eigenvalue weighted by molar-refractivity contribution is 5.10. The zero-order valence-corrected chi connectivity index (χ0v) is 12.5. The summed E-state index contributed by atoms with van der Waals surface area (Å²) >= 11 is 0. The minimum Gasteiger partial charge on any atom is -0.303 e. The summed E-state index contributed by atoms with van der Waals surface area (Å²) in [6.07, 6.45) is 5.61. The first-order valence-corrected chi connectivity index (χ1v) is 7.43. The van der Waals surface area contributed by atoms with Gasteiger partial charge in [-0.05, 0) is 45.2 Å². The van der Waals surface area contributed by atoms with E-state index in [1.165, 1.54) is 12.8 Å². The van der Waals surface area contributed by atoms with Crippen LogP contribution in [-0.4, -0.2) is 36.6 Å². The molecule has 3 atom stereocenters. The summed E-state index contributed by atoms with van der Waals surface area (Å²) in [5.74, 6) is 0.743. The Labute approximate surface area is 113 Å². The van der Waals surface area contributed by atoms with Crippen molar-refractivity contribution in [2.75, 3.05) is 20.1 Å². The first-order valence-electron chi connectivity index (χ1n) is 7.43. The van der Waals surface area contributed by atoms with E-state index in [1.807, 2.05) is 0 Å². The molecule has 0 spiro atoms. The van der Waals surface area contributed by atoms with Gasteiger partial charge in [0.25, 0.3) is 0 Å². The molecule has 1 fully saturated rings. The SMILES string of the molecule is CCNC1(C#N)CCCC(N(C)CC(C)CC)C1. The van der Waals surface area contributed by atoms with E-state index in [2.05, 4.69) is 44.1 Å². The number of nitrogens with zero attached hydrogens (tertiary/aromatic N) is 2. The third-order valence-corrected chi connectivity index (χ3v) is 4.37. The van der Waals surface area contributed by atoms with Crippen LogP contribution in [-0.2, 0) is 0 Å². The molecule has 1 saturated carbocycles. The molecule has 0 radical (unpaired) electrons. The lowest BCUT2D eigenvalue weighted by Crippen LogP contribution is -2.52. The van der Waals surface area contributed by atoms with Crippen molar-refractivity contribution in [3.63, 3.8) is 0 Å². The molecule has 104 valence electrons. The van der Waals surface area contributed by atoms with Gasteiger partial charge in [-0.25, -0.2) is 0 Å². The fourth-order valence-electron chi connectivity index (χ4n) is 3.03. The zero-order chi connectivity index (χ0) is 13.6. The average molecular weight is 251 g/mol. The summed E-state index contributed by atoms with van der Waals surface area (Å²) in [7, 11) is 2.22. The Hall–Kier alpha value is -0.590. The molecule has 1 aliphatic rings. The highest BCUT2D eigenvalue weighted by Crippen LogP contribution is 2.30. The van der Waals surface area contributed by atoms with Crippen molar-refractivity contribution in [1.82, 2.24) is 10.2 Å². The Bertz CT molecular complexity index is 280. The lowest BCUT2D eigenvalue weighted by Gasteiger charge is -2.41. The van der Waals surface area contributed by atoms with E-state index >= 15 is 0 Å². The van der Waals surface area contributed by atoms with Crippen LogP contribution in [0.4, 0.5) is 0 Å². The van der Waals surface area contributed by atoms with Gasteiger partial charge in [0.05, 0.1) is 6.07 Å². The van der Waals surface area contributed by atoms with Gasteiger partial charge < -0.3 is 4.90 Å². The van der Waals surface area contributed by atoms with Crippen molar-refractivity contribution in [2.24, 2.45) is 5.92 Å². The van der Waals surface area contributed by atoms with Gasteiger partial charge in [0.1, 0.15) is 5.54 Å². The van der Waals surface area contributed by atoms with Gasteiger partial charge in [0, 0.05) is 12.6 Å². The maximum absolute atomic E-state index is 9.47. The molecule has 0 heterocycles. The second-order valence-corrected chi connectivity index (χ2v) is 5.93. The van der Waals surface area contributed by atoms with Crippen LogP contribution >= 0.6 is 0 Å². The number of rotatable bonds is 6. The van der Waals surface area contributed by atoms with Crippen LogP contribution in [0.2, 0.25) is 0 Å². The van der Waals surface area contributed by atoms with Crippen molar-refractivity contribution >= 4 is 0 Å². The zero-order valence-electron chi connectivity index (χ0n) is 12.5. The van der Waals surface area contributed by atoms with Gasteiger partial charge in [0.15, 0.2) is 0 Å². The van der Waals surface area contributed by atoms with Crippen molar-refractivity contribution in [2.45, 2.75) is 64.5 Å². The van der Waals surface area contributed by atoms with Crippen LogP contribution in [0.25, 0.3) is 0 Å². The molecule has 1 rings (SSSR count). The van der Waals surface area contributed by atoms with Crippen LogP contribution in [0, 0.1) is 17.2 Å². The van der Waals surface area contributed by atoms with Crippen LogP contribution in [0.15, 0.2) is 0 Å². The van der Waals surface area contributed by atoms with E-state index in [1.54, 1.807) is 0 Å². The molecule has 1 N–H and O–H groups in total. The number of nitrogens with one attached hydrogen (secondary N) is 1. The van der Waals surface area contributed by atoms with Crippen molar-refractivity contribution in [3.05, 3.63) is 0 Å². The molecule has 3 heteroatoms. The number of hydrogen-bond acceptors (Lipinski definition) is 3. The van der Waals surface area contributed by atoms with Crippen molar-refractivity contribution < 1.29 is 0 Å². The maximum Gasteiger partial charge on any atom is 0.108 e. The molecule has 1 aliphatic carbocycles. The second kappa shape index (κ2) is 7.11. The summed E-state index contributed by atoms with van der Waals surface area (Å²) in [5.41, 5.74) is -0.276. The molecule has 0 aromatic heterocycles. The van der Waals surface area contributed by atoms with E-state index < -0.39 is 0 Å². The smallest absolute Gasteiger partial charge is 0.108 e. The standard InChI is InChI=1S/C15H29N3/c1-5-13(3)11-18(4)14-8-7-9-15(10-14,12-16)17-6-2/h13-14,17H,5-11H2,1-4H3. The Morgan fingerprint density at radius 3 is 2.78 bits per heavy atom. The Morgan fingerprint density at radius 1 is 1.50 bits per heavy atom. The van der Waals surface area contributed by atoms with E-state index in [0.717, 1.165) is 38.3 Å². The maximum atomic E-state index is 9.47. The third kappa shape index (κ3) is 3.96. The molecular formula is C15H29N3. The fourth-order valence-corrected chi connectivity index (χ4v) is 3.03. The summed E-state index contributed by atoms with van der Waals surface area (Å²) in [5, 5.41) is 12.9. The highest BCUT2D eigenvalue weighted by Gasteiger charge is 2.37. The molecule has 3 unspecified atom stereocenters. The minimum atomic E-state index is -0.276. The summed E-state index contributed by atoms with van der Waals surface area (Å²) in [6.45, 7) is 8.68. The van der Waals surface area contributed by atoms with Gasteiger partial charge in [0.2, 0.25) is 0 Å². The van der Waals surface area contributed by atoms with Gasteiger partial charge in [-0.2, -0.15) is 5.26 Å². The largest absolute Gasteiger partial charge is 0.303 e. The number of hydrogen-bond donors (Lipinski definition) is 1. The molecule has 0 bridgehead atoms. The minimum absolute atomic E-state index is 0.276. The normalized spacial score (nSPS) is 30.1. The molecular weight excluding hydrogens is 222 g/mol. The predicted molar refractivity (Wildman–Crippen MR) is 76.4 cm³/mol. The van der Waals surface area contributed by atoms with Gasteiger partial charge in [-0.15, -0.1) is 0 Å². The van der Waals surface area contributed by atoms with E-state index in [9.17, 15) is 5.26 Å². The van der Waals surface area contributed by atoms with Gasteiger partial charge >= 0.3 is 0 Å². The van der Waals surface area contributed by atoms with Crippen LogP contribution in [0.1, 0.15) is 52.9 Å². The summed E-state index contributed by atoms with van der Waals surface area (Å²) in [6, 6.07) is 3.09. The lowest BCUT2D eigenvalue weighted by atomic mass is 9.79. The second-order valence-electron chi connectivity index (χ2n) is 5.93. The van der Waals surface area contributed by atoms with Crippen LogP contribution < -0.4 is 5.32 Å². The average Bonchev–Trinajstić information content (AvgIpc) is 2.39. The van der Waals surface area contributed by atoms with Crippen molar-refractivity contribution in [1.29, 1.82) is 5.26 Å². The van der Waals surface area contributed by atoms with Crippen LogP contribution in [0.5, 0.6) is 0 Å². The molecule has 0 aromatic carbocycles. The monoisotopic (exact) mass is 251 g/mol. The molecule has 0 aromatic rings. The quantitative estimate of drug-likeness (QED) is 0.789. The molecule has 0 amide bonds. The summed E-state index contributed by atoms with van der Waals surface area (Å²) in [4.78, 5) is 2.47. The Kier molecular flexibility index (Phi) is 6.11.